The number of Topliss-reactive ketones (excluding diaryl/α,β-unsaturated/α-hetero) is 1. The SMILES string of the molecule is CCCCC/C=C\C=CC(NC(=O)C1CCCN1C(=O)CN)C(C)=O.CO. The number of nitrogens with zero attached hydrogens (tertiary/aromatic N) is 1. The first-order valence-corrected chi connectivity index (χ1v) is 9.59. The number of rotatable bonds is 10. The van der Waals surface area contributed by atoms with Gasteiger partial charge in [-0.2, -0.15) is 0 Å². The van der Waals surface area contributed by atoms with Crippen molar-refractivity contribution in [2.75, 3.05) is 20.2 Å². The second-order valence-electron chi connectivity index (χ2n) is 6.36. The second-order valence-corrected chi connectivity index (χ2v) is 6.36. The van der Waals surface area contributed by atoms with Gasteiger partial charge >= 0.3 is 0 Å². The Bertz CT molecular complexity index is 517. The molecule has 0 spiro atoms. The third-order valence-electron chi connectivity index (χ3n) is 4.31. The number of aliphatic hydroxyl groups excluding tert-OH is 1. The Hall–Kier alpha value is -1.99. The van der Waals surface area contributed by atoms with Crippen molar-refractivity contribution < 1.29 is 19.5 Å². The van der Waals surface area contributed by atoms with Crippen molar-refractivity contribution in [1.29, 1.82) is 0 Å². The molecule has 1 fully saturated rings. The Balaban J connectivity index is 0.00000326. The van der Waals surface area contributed by atoms with Crippen LogP contribution in [0.2, 0.25) is 0 Å². The number of unbranched alkanes of at least 4 members (excludes halogenated alkanes) is 3. The summed E-state index contributed by atoms with van der Waals surface area (Å²) >= 11 is 0. The van der Waals surface area contributed by atoms with Gasteiger partial charge in [-0.25, -0.2) is 0 Å². The van der Waals surface area contributed by atoms with Crippen molar-refractivity contribution in [3.8, 4) is 0 Å². The first-order chi connectivity index (χ1) is 13.0. The molecule has 0 aromatic carbocycles. The van der Waals surface area contributed by atoms with Crippen molar-refractivity contribution >= 4 is 17.6 Å². The number of allylic oxidation sites excluding steroid dienone is 3. The van der Waals surface area contributed by atoms with Crippen LogP contribution >= 0.6 is 0 Å². The van der Waals surface area contributed by atoms with Crippen molar-refractivity contribution in [2.24, 2.45) is 5.73 Å². The van der Waals surface area contributed by atoms with E-state index in [0.717, 1.165) is 26.4 Å². The summed E-state index contributed by atoms with van der Waals surface area (Å²) < 4.78 is 0. The van der Waals surface area contributed by atoms with Crippen LogP contribution in [-0.2, 0) is 14.4 Å². The lowest BCUT2D eigenvalue weighted by molar-refractivity contribution is -0.138. The van der Waals surface area contributed by atoms with Crippen LogP contribution in [0.25, 0.3) is 0 Å². The Kier molecular flexibility index (Phi) is 14.0. The molecular formula is C20H35N3O4. The van der Waals surface area contributed by atoms with Gasteiger partial charge in [0, 0.05) is 13.7 Å². The summed E-state index contributed by atoms with van der Waals surface area (Å²) in [6.07, 6.45) is 13.4. The molecule has 2 unspecified atom stereocenters. The first-order valence-electron chi connectivity index (χ1n) is 9.59. The number of carbonyl (C=O) groups excluding carboxylic acids is 3. The van der Waals surface area contributed by atoms with Crippen LogP contribution in [0.4, 0.5) is 0 Å². The molecule has 0 radical (unpaired) electrons. The van der Waals surface area contributed by atoms with E-state index in [1.54, 1.807) is 12.2 Å². The van der Waals surface area contributed by atoms with Crippen LogP contribution in [0, 0.1) is 0 Å². The molecule has 1 rings (SSSR count). The van der Waals surface area contributed by atoms with E-state index in [2.05, 4.69) is 18.3 Å². The zero-order chi connectivity index (χ0) is 20.7. The summed E-state index contributed by atoms with van der Waals surface area (Å²) in [6, 6.07) is -1.21. The van der Waals surface area contributed by atoms with Crippen molar-refractivity contribution in [1.82, 2.24) is 10.2 Å². The molecule has 4 N–H and O–H groups in total. The highest BCUT2D eigenvalue weighted by molar-refractivity contribution is 5.93. The van der Waals surface area contributed by atoms with E-state index in [0.29, 0.717) is 13.0 Å². The van der Waals surface area contributed by atoms with E-state index in [9.17, 15) is 14.4 Å². The number of likely N-dealkylation sites (tertiary alicyclic amines) is 1. The minimum atomic E-state index is -0.678. The molecular weight excluding hydrogens is 346 g/mol. The molecule has 154 valence electrons. The third-order valence-corrected chi connectivity index (χ3v) is 4.31. The van der Waals surface area contributed by atoms with Gasteiger partial charge in [-0.15, -0.1) is 0 Å². The van der Waals surface area contributed by atoms with Crippen molar-refractivity contribution in [3.63, 3.8) is 0 Å². The molecule has 0 aliphatic carbocycles. The number of carbonyl (C=O) groups is 3. The second kappa shape index (κ2) is 15.1. The molecule has 7 nitrogen and oxygen atoms in total. The molecule has 1 saturated heterocycles. The standard InChI is InChI=1S/C19H31N3O3.CH4O/c1-3-4-5-6-7-8-9-11-16(15(2)23)21-19(25)17-12-10-13-22(17)18(24)14-20;1-2/h7-9,11,16-17H,3-6,10,12-14,20H2,1-2H3,(H,21,25);2H,1H3/b8-7-,11-9?;. The molecule has 1 heterocycles. The van der Waals surface area contributed by atoms with Crippen molar-refractivity contribution in [2.45, 2.75) is 64.5 Å². The predicted octanol–water partition coefficient (Wildman–Crippen LogP) is 1.31. The van der Waals surface area contributed by atoms with Gasteiger partial charge in [-0.1, -0.05) is 44.1 Å². The molecule has 1 aliphatic rings. The van der Waals surface area contributed by atoms with E-state index in [4.69, 9.17) is 10.8 Å². The average molecular weight is 382 g/mol. The van der Waals surface area contributed by atoms with Gasteiger partial charge in [-0.3, -0.25) is 14.4 Å². The number of amides is 2. The molecule has 0 bridgehead atoms. The maximum absolute atomic E-state index is 12.4. The minimum Gasteiger partial charge on any atom is -0.400 e. The van der Waals surface area contributed by atoms with Gasteiger partial charge in [-0.05, 0) is 32.6 Å². The first kappa shape index (κ1) is 25.0. The molecule has 7 heteroatoms. The summed E-state index contributed by atoms with van der Waals surface area (Å²) in [4.78, 5) is 37.5. The Morgan fingerprint density at radius 2 is 1.96 bits per heavy atom. The average Bonchev–Trinajstić information content (AvgIpc) is 3.17. The normalized spacial score (nSPS) is 17.7. The van der Waals surface area contributed by atoms with Crippen molar-refractivity contribution in [3.05, 3.63) is 24.3 Å². The number of hydrogen-bond acceptors (Lipinski definition) is 5. The van der Waals surface area contributed by atoms with E-state index in [1.807, 2.05) is 6.08 Å². The molecule has 0 aromatic heterocycles. The fourth-order valence-corrected chi connectivity index (χ4v) is 2.85. The van der Waals surface area contributed by atoms with Crippen LogP contribution in [0.15, 0.2) is 24.3 Å². The monoisotopic (exact) mass is 381 g/mol. The smallest absolute Gasteiger partial charge is 0.243 e. The van der Waals surface area contributed by atoms with E-state index >= 15 is 0 Å². The topological polar surface area (TPSA) is 113 Å². The lowest BCUT2D eigenvalue weighted by atomic mass is 10.1. The minimum absolute atomic E-state index is 0.108. The summed E-state index contributed by atoms with van der Waals surface area (Å²) in [6.45, 7) is 4.03. The molecule has 0 aromatic rings. The Morgan fingerprint density at radius 1 is 1.26 bits per heavy atom. The van der Waals surface area contributed by atoms with Crippen LogP contribution < -0.4 is 11.1 Å². The summed E-state index contributed by atoms with van der Waals surface area (Å²) in [5.41, 5.74) is 5.39. The maximum atomic E-state index is 12.4. The molecule has 27 heavy (non-hydrogen) atoms. The quantitative estimate of drug-likeness (QED) is 0.390. The number of hydrogen-bond donors (Lipinski definition) is 3. The number of nitrogens with two attached hydrogens (primary N) is 1. The van der Waals surface area contributed by atoms with Crippen LogP contribution in [0.3, 0.4) is 0 Å². The molecule has 0 saturated carbocycles. The third kappa shape index (κ3) is 9.49. The zero-order valence-electron chi connectivity index (χ0n) is 16.8. The van der Waals surface area contributed by atoms with Crippen LogP contribution in [0.5, 0.6) is 0 Å². The highest BCUT2D eigenvalue weighted by atomic mass is 16.2. The van der Waals surface area contributed by atoms with Gasteiger partial charge in [0.25, 0.3) is 0 Å². The molecule has 1 aliphatic heterocycles. The highest BCUT2D eigenvalue weighted by Crippen LogP contribution is 2.17. The maximum Gasteiger partial charge on any atom is 0.243 e. The van der Waals surface area contributed by atoms with Crippen LogP contribution in [0.1, 0.15) is 52.4 Å². The Morgan fingerprint density at radius 3 is 2.56 bits per heavy atom. The van der Waals surface area contributed by atoms with Gasteiger partial charge < -0.3 is 21.1 Å². The number of nitrogens with one attached hydrogen (secondary N) is 1. The lowest BCUT2D eigenvalue weighted by Gasteiger charge is -2.24. The van der Waals surface area contributed by atoms with Gasteiger partial charge in [0.1, 0.15) is 12.1 Å². The van der Waals surface area contributed by atoms with E-state index in [-0.39, 0.29) is 24.1 Å². The summed E-state index contributed by atoms with van der Waals surface area (Å²) in [5.74, 6) is -0.669. The largest absolute Gasteiger partial charge is 0.400 e. The van der Waals surface area contributed by atoms with E-state index < -0.39 is 12.1 Å². The van der Waals surface area contributed by atoms with Gasteiger partial charge in [0.05, 0.1) is 6.54 Å². The molecule has 2 amide bonds. The fraction of sp³-hybridized carbons (Fsp3) is 0.650. The fourth-order valence-electron chi connectivity index (χ4n) is 2.85. The van der Waals surface area contributed by atoms with E-state index in [1.165, 1.54) is 24.7 Å². The number of aliphatic hydroxyl groups is 1. The number of ketones is 1. The van der Waals surface area contributed by atoms with Crippen LogP contribution in [-0.4, -0.2) is 59.9 Å². The zero-order valence-corrected chi connectivity index (χ0v) is 16.8. The molecule has 2 atom stereocenters. The Labute approximate surface area is 162 Å². The lowest BCUT2D eigenvalue weighted by Crippen LogP contribution is -2.51. The summed E-state index contributed by atoms with van der Waals surface area (Å²) in [5, 5.41) is 9.73. The van der Waals surface area contributed by atoms with Gasteiger partial charge in [0.15, 0.2) is 5.78 Å². The predicted molar refractivity (Wildman–Crippen MR) is 107 cm³/mol. The highest BCUT2D eigenvalue weighted by Gasteiger charge is 2.34. The van der Waals surface area contributed by atoms with Gasteiger partial charge in [0.2, 0.25) is 11.8 Å². The summed E-state index contributed by atoms with van der Waals surface area (Å²) in [7, 11) is 1.00.